The van der Waals surface area contributed by atoms with Crippen LogP contribution in [0, 0.1) is 5.82 Å². The zero-order chi connectivity index (χ0) is 17.6. The van der Waals surface area contributed by atoms with Crippen molar-refractivity contribution >= 4 is 5.91 Å². The molecule has 0 saturated heterocycles. The van der Waals surface area contributed by atoms with Gasteiger partial charge in [0.05, 0.1) is 6.04 Å². The topological polar surface area (TPSA) is 90.1 Å². The Morgan fingerprint density at radius 2 is 2.12 bits per heavy atom. The van der Waals surface area contributed by atoms with Crippen LogP contribution in [0.25, 0.3) is 0 Å². The van der Waals surface area contributed by atoms with E-state index >= 15 is 0 Å². The fourth-order valence-corrected chi connectivity index (χ4v) is 2.15. The van der Waals surface area contributed by atoms with Crippen molar-refractivity contribution in [3.05, 3.63) is 71.8 Å². The number of carbonyl (C=O) groups is 1. The van der Waals surface area contributed by atoms with Crippen LogP contribution in [0.5, 0.6) is 5.88 Å². The number of amides is 1. The number of ether oxygens (including phenoxy) is 1. The predicted molar refractivity (Wildman–Crippen MR) is 85.1 cm³/mol. The second kappa shape index (κ2) is 7.52. The molecule has 0 bridgehead atoms. The van der Waals surface area contributed by atoms with Crippen LogP contribution in [0.2, 0.25) is 0 Å². The van der Waals surface area contributed by atoms with E-state index < -0.39 is 11.9 Å². The first-order valence-electron chi connectivity index (χ1n) is 7.53. The van der Waals surface area contributed by atoms with E-state index in [1.165, 1.54) is 18.7 Å². The first kappa shape index (κ1) is 16.6. The number of benzene rings is 1. The van der Waals surface area contributed by atoms with E-state index in [0.29, 0.717) is 11.4 Å². The summed E-state index contributed by atoms with van der Waals surface area (Å²) in [4.78, 5) is 20.4. The quantitative estimate of drug-likeness (QED) is 0.741. The molecule has 0 saturated carbocycles. The maximum absolute atomic E-state index is 13.7. The Bertz CT molecular complexity index is 855. The molecule has 2 heterocycles. The van der Waals surface area contributed by atoms with Gasteiger partial charge >= 0.3 is 0 Å². The Kier molecular flexibility index (Phi) is 4.98. The van der Waals surface area contributed by atoms with Crippen molar-refractivity contribution in [3.63, 3.8) is 0 Å². The SMILES string of the molecule is C[C@@H](NC(=O)c1cccnc1OCc1ccccc1F)c1ncon1. The average molecular weight is 342 g/mol. The molecule has 0 aliphatic rings. The second-order valence-corrected chi connectivity index (χ2v) is 5.22. The lowest BCUT2D eigenvalue weighted by molar-refractivity contribution is 0.0932. The van der Waals surface area contributed by atoms with E-state index in [1.54, 1.807) is 37.3 Å². The maximum atomic E-state index is 13.7. The van der Waals surface area contributed by atoms with Gasteiger partial charge in [-0.2, -0.15) is 4.98 Å². The van der Waals surface area contributed by atoms with Crippen LogP contribution in [0.3, 0.4) is 0 Å². The number of pyridine rings is 1. The molecule has 25 heavy (non-hydrogen) atoms. The minimum atomic E-state index is -0.453. The fraction of sp³-hybridized carbons (Fsp3) is 0.176. The van der Waals surface area contributed by atoms with Gasteiger partial charge in [0.15, 0.2) is 5.82 Å². The predicted octanol–water partition coefficient (Wildman–Crippen LogP) is 2.67. The van der Waals surface area contributed by atoms with Crippen molar-refractivity contribution in [2.24, 2.45) is 0 Å². The lowest BCUT2D eigenvalue weighted by atomic mass is 10.2. The summed E-state index contributed by atoms with van der Waals surface area (Å²) in [6.45, 7) is 1.68. The van der Waals surface area contributed by atoms with Crippen LogP contribution in [0.15, 0.2) is 53.5 Å². The van der Waals surface area contributed by atoms with Gasteiger partial charge in [-0.1, -0.05) is 23.4 Å². The van der Waals surface area contributed by atoms with E-state index in [1.807, 2.05) is 0 Å². The van der Waals surface area contributed by atoms with Gasteiger partial charge in [0, 0.05) is 11.8 Å². The van der Waals surface area contributed by atoms with Gasteiger partial charge in [0.25, 0.3) is 5.91 Å². The molecule has 3 rings (SSSR count). The Balaban J connectivity index is 1.72. The summed E-state index contributed by atoms with van der Waals surface area (Å²) >= 11 is 0. The highest BCUT2D eigenvalue weighted by atomic mass is 19.1. The third-order valence-electron chi connectivity index (χ3n) is 3.45. The molecular weight excluding hydrogens is 327 g/mol. The molecule has 0 unspecified atom stereocenters. The summed E-state index contributed by atoms with van der Waals surface area (Å²) in [7, 11) is 0. The van der Waals surface area contributed by atoms with E-state index in [-0.39, 0.29) is 23.9 Å². The highest BCUT2D eigenvalue weighted by molar-refractivity contribution is 5.96. The third kappa shape index (κ3) is 3.97. The first-order valence-corrected chi connectivity index (χ1v) is 7.53. The van der Waals surface area contributed by atoms with E-state index in [0.717, 1.165) is 0 Å². The molecule has 0 aliphatic heterocycles. The number of hydrogen-bond acceptors (Lipinski definition) is 6. The number of rotatable bonds is 6. The number of hydrogen-bond donors (Lipinski definition) is 1. The molecule has 0 spiro atoms. The van der Waals surface area contributed by atoms with Gasteiger partial charge < -0.3 is 14.6 Å². The third-order valence-corrected chi connectivity index (χ3v) is 3.45. The Labute approximate surface area is 142 Å². The summed E-state index contributed by atoms with van der Waals surface area (Å²) in [5.74, 6) is -0.321. The molecule has 1 N–H and O–H groups in total. The van der Waals surface area contributed by atoms with Crippen molar-refractivity contribution in [2.45, 2.75) is 19.6 Å². The normalized spacial score (nSPS) is 11.8. The molecule has 7 nitrogen and oxygen atoms in total. The Morgan fingerprint density at radius 3 is 2.88 bits per heavy atom. The summed E-state index contributed by atoms with van der Waals surface area (Å²) in [6, 6.07) is 8.99. The molecule has 2 aromatic heterocycles. The van der Waals surface area contributed by atoms with Gasteiger partial charge in [-0.05, 0) is 25.1 Å². The number of nitrogens with zero attached hydrogens (tertiary/aromatic N) is 3. The Hall–Kier alpha value is -3.29. The minimum Gasteiger partial charge on any atom is -0.472 e. The van der Waals surface area contributed by atoms with Gasteiger partial charge in [0.2, 0.25) is 12.3 Å². The highest BCUT2D eigenvalue weighted by Gasteiger charge is 2.19. The number of carbonyl (C=O) groups excluding carboxylic acids is 1. The van der Waals surface area contributed by atoms with Crippen LogP contribution < -0.4 is 10.1 Å². The average Bonchev–Trinajstić information content (AvgIpc) is 3.16. The minimum absolute atomic E-state index is 0.0373. The van der Waals surface area contributed by atoms with Crippen LogP contribution in [0.4, 0.5) is 4.39 Å². The van der Waals surface area contributed by atoms with E-state index in [4.69, 9.17) is 4.74 Å². The summed E-state index contributed by atoms with van der Waals surface area (Å²) < 4.78 is 23.9. The second-order valence-electron chi connectivity index (χ2n) is 5.22. The molecule has 0 radical (unpaired) electrons. The number of halogens is 1. The molecule has 1 atom stereocenters. The smallest absolute Gasteiger partial charge is 0.257 e. The number of aromatic nitrogens is 3. The van der Waals surface area contributed by atoms with Crippen LogP contribution in [-0.2, 0) is 6.61 Å². The first-order chi connectivity index (χ1) is 12.1. The van der Waals surface area contributed by atoms with E-state index in [2.05, 4.69) is 25.0 Å². The largest absolute Gasteiger partial charge is 0.472 e. The highest BCUT2D eigenvalue weighted by Crippen LogP contribution is 2.18. The number of nitrogens with one attached hydrogen (secondary N) is 1. The van der Waals surface area contributed by atoms with Gasteiger partial charge in [-0.25, -0.2) is 9.37 Å². The molecular formula is C17H15FN4O3. The molecule has 1 aromatic carbocycles. The lowest BCUT2D eigenvalue weighted by Crippen LogP contribution is -2.28. The van der Waals surface area contributed by atoms with Gasteiger partial charge in [-0.15, -0.1) is 0 Å². The van der Waals surface area contributed by atoms with Crippen LogP contribution in [-0.4, -0.2) is 21.0 Å². The van der Waals surface area contributed by atoms with Crippen molar-refractivity contribution in [1.82, 2.24) is 20.4 Å². The summed E-state index contributed by atoms with van der Waals surface area (Å²) in [5, 5.41) is 6.41. The van der Waals surface area contributed by atoms with Crippen molar-refractivity contribution in [1.29, 1.82) is 0 Å². The van der Waals surface area contributed by atoms with E-state index in [9.17, 15) is 9.18 Å². The molecule has 1 amide bonds. The standard InChI is InChI=1S/C17H15FN4O3/c1-11(15-20-10-25-22-15)21-16(23)13-6-4-8-19-17(13)24-9-12-5-2-3-7-14(12)18/h2-8,10-11H,9H2,1H3,(H,21,23)/t11-/m1/s1. The zero-order valence-electron chi connectivity index (χ0n) is 13.3. The fourth-order valence-electron chi connectivity index (χ4n) is 2.15. The maximum Gasteiger partial charge on any atom is 0.257 e. The van der Waals surface area contributed by atoms with Crippen LogP contribution in [0.1, 0.15) is 34.7 Å². The zero-order valence-corrected chi connectivity index (χ0v) is 13.3. The lowest BCUT2D eigenvalue weighted by Gasteiger charge is -2.13. The van der Waals surface area contributed by atoms with Gasteiger partial charge in [-0.3, -0.25) is 4.79 Å². The summed E-state index contributed by atoms with van der Waals surface area (Å²) in [6.07, 6.45) is 2.68. The van der Waals surface area contributed by atoms with Crippen molar-refractivity contribution in [2.75, 3.05) is 0 Å². The summed E-state index contributed by atoms with van der Waals surface area (Å²) in [5.41, 5.74) is 0.605. The van der Waals surface area contributed by atoms with Crippen molar-refractivity contribution in [3.8, 4) is 5.88 Å². The monoisotopic (exact) mass is 342 g/mol. The molecule has 0 aliphatic carbocycles. The molecule has 8 heteroatoms. The molecule has 128 valence electrons. The van der Waals surface area contributed by atoms with Crippen LogP contribution >= 0.6 is 0 Å². The molecule has 0 fully saturated rings. The Morgan fingerprint density at radius 1 is 1.28 bits per heavy atom. The van der Waals surface area contributed by atoms with Crippen molar-refractivity contribution < 1.29 is 18.4 Å². The molecule has 3 aromatic rings. The van der Waals surface area contributed by atoms with Gasteiger partial charge in [0.1, 0.15) is 18.0 Å².